The molecule has 27 heavy (non-hydrogen) atoms. The van der Waals surface area contributed by atoms with E-state index in [0.29, 0.717) is 23.3 Å². The molecule has 0 spiro atoms. The number of hydrogen-bond acceptors (Lipinski definition) is 5. The molecule has 1 aromatic carbocycles. The van der Waals surface area contributed by atoms with E-state index in [9.17, 15) is 14.4 Å². The quantitative estimate of drug-likeness (QED) is 0.452. The van der Waals surface area contributed by atoms with Gasteiger partial charge in [0.15, 0.2) is 5.41 Å². The lowest BCUT2D eigenvalue weighted by atomic mass is 9.54. The molecule has 0 aliphatic heterocycles. The molecule has 4 saturated carbocycles. The predicted molar refractivity (Wildman–Crippen MR) is 97.8 cm³/mol. The minimum Gasteiger partial charge on any atom is -0.463 e. The third-order valence-corrected chi connectivity index (χ3v) is 6.88. The van der Waals surface area contributed by atoms with Crippen LogP contribution in [0.4, 0.5) is 0 Å². The van der Waals surface area contributed by atoms with Gasteiger partial charge in [-0.2, -0.15) is 0 Å². The van der Waals surface area contributed by atoms with Crippen LogP contribution in [0, 0.1) is 17.8 Å². The zero-order valence-corrected chi connectivity index (χ0v) is 15.9. The van der Waals surface area contributed by atoms with Gasteiger partial charge in [-0.3, -0.25) is 9.59 Å². The van der Waals surface area contributed by atoms with Crippen LogP contribution < -0.4 is 0 Å². The van der Waals surface area contributed by atoms with Crippen molar-refractivity contribution in [3.05, 3.63) is 35.9 Å². The monoisotopic (exact) mass is 370 g/mol. The number of rotatable bonds is 5. The Balaban J connectivity index is 1.65. The maximum Gasteiger partial charge on any atom is 0.375 e. The first-order chi connectivity index (χ1) is 12.9. The van der Waals surface area contributed by atoms with Gasteiger partial charge in [0.2, 0.25) is 0 Å². The minimum absolute atomic E-state index is 0.454. The van der Waals surface area contributed by atoms with Crippen LogP contribution in [-0.4, -0.2) is 30.4 Å². The van der Waals surface area contributed by atoms with Gasteiger partial charge in [-0.1, -0.05) is 30.3 Å². The summed E-state index contributed by atoms with van der Waals surface area (Å²) in [4.78, 5) is 38.2. The molecule has 0 amide bonds. The summed E-state index contributed by atoms with van der Waals surface area (Å²) in [5, 5.41) is 0. The first kappa shape index (κ1) is 18.2. The minimum atomic E-state index is -1.70. The highest BCUT2D eigenvalue weighted by Gasteiger charge is 2.56. The maximum atomic E-state index is 13.4. The van der Waals surface area contributed by atoms with Crippen molar-refractivity contribution in [1.82, 2.24) is 0 Å². The Labute approximate surface area is 159 Å². The van der Waals surface area contributed by atoms with Crippen LogP contribution in [-0.2, 0) is 29.3 Å². The molecule has 0 saturated heterocycles. The van der Waals surface area contributed by atoms with Crippen molar-refractivity contribution in [2.24, 2.45) is 17.8 Å². The number of methoxy groups -OCH3 is 1. The fourth-order valence-electron chi connectivity index (χ4n) is 5.86. The van der Waals surface area contributed by atoms with Gasteiger partial charge in [-0.15, -0.1) is 0 Å². The Hall–Kier alpha value is -2.17. The molecule has 0 radical (unpaired) electrons. The van der Waals surface area contributed by atoms with Crippen molar-refractivity contribution >= 4 is 17.7 Å². The number of esters is 2. The van der Waals surface area contributed by atoms with E-state index in [1.165, 1.54) is 26.2 Å². The average Bonchev–Trinajstić information content (AvgIpc) is 2.65. The van der Waals surface area contributed by atoms with E-state index in [1.807, 2.05) is 0 Å². The molecule has 5 rings (SSSR count). The van der Waals surface area contributed by atoms with E-state index in [4.69, 9.17) is 4.74 Å². The summed E-state index contributed by atoms with van der Waals surface area (Å²) >= 11 is 0. The number of benzene rings is 1. The fraction of sp³-hybridized carbons (Fsp3) is 0.591. The van der Waals surface area contributed by atoms with Crippen molar-refractivity contribution in [2.45, 2.75) is 56.5 Å². The van der Waals surface area contributed by atoms with Crippen LogP contribution in [0.15, 0.2) is 30.3 Å². The van der Waals surface area contributed by atoms with Gasteiger partial charge in [-0.05, 0) is 68.8 Å². The SMILES string of the molecule is COC(=O)C(=O)[C@](C)(C(=O)OC12CC3CC(CC(C3)C1)C2)c1ccccc1. The third-order valence-electron chi connectivity index (χ3n) is 6.88. The van der Waals surface area contributed by atoms with Crippen LogP contribution in [0.25, 0.3) is 0 Å². The molecule has 0 N–H and O–H groups in total. The van der Waals surface area contributed by atoms with E-state index in [-0.39, 0.29) is 0 Å². The molecule has 4 fully saturated rings. The Morgan fingerprint density at radius 2 is 1.48 bits per heavy atom. The number of ketones is 1. The third kappa shape index (κ3) is 2.97. The number of Topliss-reactive ketones (excluding diaryl/α,β-unsaturated/α-hetero) is 1. The zero-order valence-electron chi connectivity index (χ0n) is 15.9. The van der Waals surface area contributed by atoms with Crippen LogP contribution >= 0.6 is 0 Å². The molecule has 0 heterocycles. The second kappa shape index (κ2) is 6.47. The van der Waals surface area contributed by atoms with Crippen LogP contribution in [0.3, 0.4) is 0 Å². The summed E-state index contributed by atoms with van der Waals surface area (Å²) in [7, 11) is 1.15. The summed E-state index contributed by atoms with van der Waals surface area (Å²) in [5.41, 5.74) is -1.72. The molecule has 5 heteroatoms. The molecule has 0 aromatic heterocycles. The van der Waals surface area contributed by atoms with Gasteiger partial charge in [-0.25, -0.2) is 4.79 Å². The molecule has 4 bridgehead atoms. The zero-order chi connectivity index (χ0) is 19.2. The van der Waals surface area contributed by atoms with E-state index in [1.54, 1.807) is 30.3 Å². The van der Waals surface area contributed by atoms with Gasteiger partial charge in [0.05, 0.1) is 7.11 Å². The van der Waals surface area contributed by atoms with E-state index in [0.717, 1.165) is 26.4 Å². The summed E-state index contributed by atoms with van der Waals surface area (Å²) in [6.45, 7) is 1.48. The second-order valence-electron chi connectivity index (χ2n) is 8.80. The summed E-state index contributed by atoms with van der Waals surface area (Å²) in [5.74, 6) is -0.698. The molecule has 1 aromatic rings. The lowest BCUT2D eigenvalue weighted by Gasteiger charge is -2.56. The standard InChI is InChI=1S/C22H26O5/c1-21(18(23)19(24)26-2,17-6-4-3-5-7-17)20(25)27-22-11-14-8-15(12-22)10-16(9-14)13-22/h3-7,14-16H,8-13H2,1-2H3/t14?,15?,16?,21-,22?/m1/s1. The smallest absolute Gasteiger partial charge is 0.375 e. The topological polar surface area (TPSA) is 69.7 Å². The maximum absolute atomic E-state index is 13.4. The number of carbonyl (C=O) groups is 3. The number of carbonyl (C=O) groups excluding carboxylic acids is 3. The molecule has 1 atom stereocenters. The Kier molecular flexibility index (Phi) is 4.36. The largest absolute Gasteiger partial charge is 0.463 e. The molecule has 4 aliphatic rings. The average molecular weight is 370 g/mol. The van der Waals surface area contributed by atoms with Crippen molar-refractivity contribution in [3.63, 3.8) is 0 Å². The van der Waals surface area contributed by atoms with E-state index < -0.39 is 28.7 Å². The summed E-state index contributed by atoms with van der Waals surface area (Å²) in [6.07, 6.45) is 6.32. The van der Waals surface area contributed by atoms with Gasteiger partial charge in [0.25, 0.3) is 5.78 Å². The lowest BCUT2D eigenvalue weighted by molar-refractivity contribution is -0.193. The van der Waals surface area contributed by atoms with Crippen molar-refractivity contribution < 1.29 is 23.9 Å². The molecule has 0 unspecified atom stereocenters. The van der Waals surface area contributed by atoms with Crippen LogP contribution in [0.5, 0.6) is 0 Å². The first-order valence-corrected chi connectivity index (χ1v) is 9.78. The number of hydrogen-bond donors (Lipinski definition) is 0. The van der Waals surface area contributed by atoms with Gasteiger partial charge in [0.1, 0.15) is 5.60 Å². The van der Waals surface area contributed by atoms with Crippen molar-refractivity contribution in [3.8, 4) is 0 Å². The summed E-state index contributed by atoms with van der Waals surface area (Å²) in [6, 6.07) is 8.66. The Morgan fingerprint density at radius 3 is 1.96 bits per heavy atom. The normalized spacial score (nSPS) is 33.2. The van der Waals surface area contributed by atoms with Gasteiger partial charge >= 0.3 is 11.9 Å². The van der Waals surface area contributed by atoms with E-state index in [2.05, 4.69) is 4.74 Å². The van der Waals surface area contributed by atoms with Crippen molar-refractivity contribution in [2.75, 3.05) is 7.11 Å². The summed E-state index contributed by atoms with van der Waals surface area (Å²) < 4.78 is 10.7. The van der Waals surface area contributed by atoms with Crippen LogP contribution in [0.1, 0.15) is 51.0 Å². The van der Waals surface area contributed by atoms with Gasteiger partial charge in [0, 0.05) is 0 Å². The first-order valence-electron chi connectivity index (χ1n) is 9.78. The molecular formula is C22H26O5. The van der Waals surface area contributed by atoms with Gasteiger partial charge < -0.3 is 9.47 Å². The van der Waals surface area contributed by atoms with Crippen molar-refractivity contribution in [1.29, 1.82) is 0 Å². The van der Waals surface area contributed by atoms with Crippen LogP contribution in [0.2, 0.25) is 0 Å². The molecule has 144 valence electrons. The predicted octanol–water partition coefficient (Wildman–Crippen LogP) is 3.20. The Bertz CT molecular complexity index is 733. The van der Waals surface area contributed by atoms with E-state index >= 15 is 0 Å². The second-order valence-corrected chi connectivity index (χ2v) is 8.80. The molecular weight excluding hydrogens is 344 g/mol. The fourth-order valence-corrected chi connectivity index (χ4v) is 5.86. The number of ether oxygens (including phenoxy) is 2. The highest BCUT2D eigenvalue weighted by Crippen LogP contribution is 2.57. The molecule has 5 nitrogen and oxygen atoms in total. The highest BCUT2D eigenvalue weighted by atomic mass is 16.6. The molecule has 4 aliphatic carbocycles. The lowest BCUT2D eigenvalue weighted by Crippen LogP contribution is -2.56. The Morgan fingerprint density at radius 1 is 0.963 bits per heavy atom. The highest BCUT2D eigenvalue weighted by molar-refractivity contribution is 6.41.